The molecular formula is C11H22N2O2S. The van der Waals surface area contributed by atoms with Crippen molar-refractivity contribution >= 4 is 16.7 Å². The molecule has 1 fully saturated rings. The minimum atomic E-state index is -0.625. The standard InChI is InChI=1S/C11H22N2O2S/c1-9(2)7-13-11(14)8-12-10-3-5-16(15)6-4-10/h9-10,12H,3-8H2,1-2H3,(H,13,14). The first-order chi connectivity index (χ1) is 7.58. The van der Waals surface area contributed by atoms with Crippen LogP contribution in [0.2, 0.25) is 0 Å². The molecule has 1 aliphatic heterocycles. The van der Waals surface area contributed by atoms with E-state index in [-0.39, 0.29) is 5.91 Å². The van der Waals surface area contributed by atoms with Crippen molar-refractivity contribution < 1.29 is 9.00 Å². The third-order valence-electron chi connectivity index (χ3n) is 2.65. The van der Waals surface area contributed by atoms with Crippen molar-refractivity contribution in [3.8, 4) is 0 Å². The molecule has 4 nitrogen and oxygen atoms in total. The predicted molar refractivity (Wildman–Crippen MR) is 66.7 cm³/mol. The van der Waals surface area contributed by atoms with Gasteiger partial charge in [0.25, 0.3) is 0 Å². The molecule has 0 aromatic heterocycles. The Morgan fingerprint density at radius 3 is 2.56 bits per heavy atom. The second kappa shape index (κ2) is 7.01. The van der Waals surface area contributed by atoms with Gasteiger partial charge in [-0.15, -0.1) is 0 Å². The fourth-order valence-corrected chi connectivity index (χ4v) is 2.91. The van der Waals surface area contributed by atoms with Gasteiger partial charge in [-0.3, -0.25) is 9.00 Å². The summed E-state index contributed by atoms with van der Waals surface area (Å²) in [7, 11) is -0.625. The van der Waals surface area contributed by atoms with Gasteiger partial charge in [-0.25, -0.2) is 0 Å². The molecular weight excluding hydrogens is 224 g/mol. The Hall–Kier alpha value is -0.420. The molecule has 5 heteroatoms. The number of rotatable bonds is 5. The number of carbonyl (C=O) groups is 1. The van der Waals surface area contributed by atoms with Crippen molar-refractivity contribution in [1.82, 2.24) is 10.6 Å². The molecule has 0 aromatic rings. The van der Waals surface area contributed by atoms with Crippen molar-refractivity contribution in [3.05, 3.63) is 0 Å². The highest BCUT2D eigenvalue weighted by Gasteiger charge is 2.17. The fraction of sp³-hybridized carbons (Fsp3) is 0.909. The third kappa shape index (κ3) is 5.61. The van der Waals surface area contributed by atoms with E-state index < -0.39 is 10.8 Å². The number of hydrogen-bond donors (Lipinski definition) is 2. The number of hydrogen-bond acceptors (Lipinski definition) is 3. The van der Waals surface area contributed by atoms with Gasteiger partial charge in [-0.2, -0.15) is 0 Å². The third-order valence-corrected chi connectivity index (χ3v) is 4.03. The highest BCUT2D eigenvalue weighted by atomic mass is 32.2. The van der Waals surface area contributed by atoms with Gasteiger partial charge in [-0.1, -0.05) is 13.8 Å². The molecule has 0 atom stereocenters. The van der Waals surface area contributed by atoms with Crippen LogP contribution >= 0.6 is 0 Å². The van der Waals surface area contributed by atoms with Crippen LogP contribution in [-0.4, -0.2) is 40.8 Å². The van der Waals surface area contributed by atoms with Crippen molar-refractivity contribution in [2.45, 2.75) is 32.7 Å². The van der Waals surface area contributed by atoms with Gasteiger partial charge in [-0.05, 0) is 18.8 Å². The van der Waals surface area contributed by atoms with E-state index in [0.717, 1.165) is 30.9 Å². The quantitative estimate of drug-likeness (QED) is 0.731. The fourth-order valence-electron chi connectivity index (χ4n) is 1.62. The monoisotopic (exact) mass is 246 g/mol. The van der Waals surface area contributed by atoms with E-state index in [9.17, 15) is 9.00 Å². The van der Waals surface area contributed by atoms with E-state index in [1.54, 1.807) is 0 Å². The van der Waals surface area contributed by atoms with Crippen LogP contribution < -0.4 is 10.6 Å². The zero-order valence-electron chi connectivity index (χ0n) is 10.1. The van der Waals surface area contributed by atoms with Gasteiger partial charge in [0.05, 0.1) is 6.54 Å². The Morgan fingerprint density at radius 2 is 2.00 bits per heavy atom. The maximum atomic E-state index is 11.4. The van der Waals surface area contributed by atoms with Crippen LogP contribution in [0, 0.1) is 5.92 Å². The molecule has 0 radical (unpaired) electrons. The zero-order chi connectivity index (χ0) is 12.0. The summed E-state index contributed by atoms with van der Waals surface area (Å²) in [6.07, 6.45) is 1.84. The summed E-state index contributed by atoms with van der Waals surface area (Å²) < 4.78 is 11.1. The van der Waals surface area contributed by atoms with Crippen LogP contribution in [-0.2, 0) is 15.6 Å². The van der Waals surface area contributed by atoms with Crippen molar-refractivity contribution in [2.24, 2.45) is 5.92 Å². The van der Waals surface area contributed by atoms with Crippen molar-refractivity contribution in [3.63, 3.8) is 0 Å². The lowest BCUT2D eigenvalue weighted by molar-refractivity contribution is -0.120. The normalized spacial score (nSPS) is 25.7. The zero-order valence-corrected chi connectivity index (χ0v) is 10.9. The Labute approximate surface area is 100 Å². The summed E-state index contributed by atoms with van der Waals surface area (Å²) in [5.74, 6) is 2.08. The maximum absolute atomic E-state index is 11.4. The molecule has 2 N–H and O–H groups in total. The summed E-state index contributed by atoms with van der Waals surface area (Å²) in [5.41, 5.74) is 0. The van der Waals surface area contributed by atoms with Crippen LogP contribution in [0.1, 0.15) is 26.7 Å². The second-order valence-corrected chi connectivity index (χ2v) is 6.40. The van der Waals surface area contributed by atoms with Gasteiger partial charge >= 0.3 is 0 Å². The average Bonchev–Trinajstić information content (AvgIpc) is 2.25. The minimum absolute atomic E-state index is 0.0559. The first kappa shape index (κ1) is 13.6. The first-order valence-electron chi connectivity index (χ1n) is 5.93. The molecule has 0 saturated carbocycles. The van der Waals surface area contributed by atoms with E-state index in [1.807, 2.05) is 0 Å². The molecule has 1 amide bonds. The first-order valence-corrected chi connectivity index (χ1v) is 7.41. The molecule has 1 aliphatic rings. The SMILES string of the molecule is CC(C)CNC(=O)CNC1CCS(=O)CC1. The molecule has 0 aliphatic carbocycles. The van der Waals surface area contributed by atoms with Crippen LogP contribution in [0.15, 0.2) is 0 Å². The molecule has 94 valence electrons. The van der Waals surface area contributed by atoms with E-state index in [1.165, 1.54) is 0 Å². The number of amides is 1. The molecule has 1 saturated heterocycles. The Morgan fingerprint density at radius 1 is 1.38 bits per heavy atom. The summed E-state index contributed by atoms with van der Waals surface area (Å²) >= 11 is 0. The summed E-state index contributed by atoms with van der Waals surface area (Å²) in [4.78, 5) is 11.4. The lowest BCUT2D eigenvalue weighted by atomic mass is 10.1. The minimum Gasteiger partial charge on any atom is -0.355 e. The average molecular weight is 246 g/mol. The molecule has 0 spiro atoms. The van der Waals surface area contributed by atoms with E-state index in [2.05, 4.69) is 24.5 Å². The van der Waals surface area contributed by atoms with E-state index >= 15 is 0 Å². The van der Waals surface area contributed by atoms with Gasteiger partial charge in [0.15, 0.2) is 0 Å². The Balaban J connectivity index is 2.09. The van der Waals surface area contributed by atoms with Crippen LogP contribution in [0.4, 0.5) is 0 Å². The molecule has 0 aromatic carbocycles. The maximum Gasteiger partial charge on any atom is 0.233 e. The molecule has 16 heavy (non-hydrogen) atoms. The van der Waals surface area contributed by atoms with Gasteiger partial charge in [0.1, 0.15) is 0 Å². The van der Waals surface area contributed by atoms with E-state index in [4.69, 9.17) is 0 Å². The summed E-state index contributed by atoms with van der Waals surface area (Å²) in [5, 5.41) is 6.09. The largest absolute Gasteiger partial charge is 0.355 e. The lowest BCUT2D eigenvalue weighted by Gasteiger charge is -2.22. The lowest BCUT2D eigenvalue weighted by Crippen LogP contribution is -2.42. The Bertz CT molecular complexity index is 246. The second-order valence-electron chi connectivity index (χ2n) is 4.70. The number of nitrogens with one attached hydrogen (secondary N) is 2. The molecule has 1 heterocycles. The highest BCUT2D eigenvalue weighted by molar-refractivity contribution is 7.85. The van der Waals surface area contributed by atoms with Gasteiger partial charge < -0.3 is 10.6 Å². The molecule has 0 bridgehead atoms. The van der Waals surface area contributed by atoms with E-state index in [0.29, 0.717) is 18.5 Å². The van der Waals surface area contributed by atoms with Crippen molar-refractivity contribution in [1.29, 1.82) is 0 Å². The van der Waals surface area contributed by atoms with Gasteiger partial charge in [0, 0.05) is 34.9 Å². The van der Waals surface area contributed by atoms with Crippen LogP contribution in [0.5, 0.6) is 0 Å². The highest BCUT2D eigenvalue weighted by Crippen LogP contribution is 2.08. The Kier molecular flexibility index (Phi) is 5.98. The topological polar surface area (TPSA) is 58.2 Å². The van der Waals surface area contributed by atoms with Crippen molar-refractivity contribution in [2.75, 3.05) is 24.6 Å². The predicted octanol–water partition coefficient (Wildman–Crippen LogP) is 0.259. The molecule has 0 unspecified atom stereocenters. The summed E-state index contributed by atoms with van der Waals surface area (Å²) in [6, 6.07) is 0.363. The summed E-state index contributed by atoms with van der Waals surface area (Å²) in [6.45, 7) is 5.26. The van der Waals surface area contributed by atoms with Crippen LogP contribution in [0.25, 0.3) is 0 Å². The number of carbonyl (C=O) groups excluding carboxylic acids is 1. The molecule has 1 rings (SSSR count). The smallest absolute Gasteiger partial charge is 0.233 e. The van der Waals surface area contributed by atoms with Crippen LogP contribution in [0.3, 0.4) is 0 Å². The van der Waals surface area contributed by atoms with Gasteiger partial charge in [0.2, 0.25) is 5.91 Å².